The summed E-state index contributed by atoms with van der Waals surface area (Å²) in [5.74, 6) is -0.0778. The molecule has 4 rings (SSSR count). The SMILES string of the molecule is C[C@@H]1CCCC[C@@H]1N1CC(=O)N(Cc2ccc(F)cc2)[C@@H](c2ccc(Cl)cc2)C1=O. The third-order valence-corrected chi connectivity index (χ3v) is 6.63. The van der Waals surface area contributed by atoms with Crippen LogP contribution in [0.4, 0.5) is 4.39 Å². The van der Waals surface area contributed by atoms with E-state index < -0.39 is 6.04 Å². The van der Waals surface area contributed by atoms with E-state index in [1.807, 2.05) is 12.1 Å². The Morgan fingerprint density at radius 2 is 1.67 bits per heavy atom. The molecule has 2 amide bonds. The molecule has 2 aromatic carbocycles. The van der Waals surface area contributed by atoms with Gasteiger partial charge in [0.15, 0.2) is 0 Å². The van der Waals surface area contributed by atoms with Gasteiger partial charge in [0.25, 0.3) is 5.91 Å². The molecule has 1 saturated heterocycles. The summed E-state index contributed by atoms with van der Waals surface area (Å²) in [6.07, 6.45) is 4.27. The maximum absolute atomic E-state index is 13.7. The molecule has 0 N–H and O–H groups in total. The molecule has 1 heterocycles. The van der Waals surface area contributed by atoms with Crippen LogP contribution in [0.5, 0.6) is 0 Å². The molecule has 0 aromatic heterocycles. The first-order chi connectivity index (χ1) is 14.4. The van der Waals surface area contributed by atoms with Crippen molar-refractivity contribution in [3.63, 3.8) is 0 Å². The molecule has 158 valence electrons. The van der Waals surface area contributed by atoms with E-state index in [0.29, 0.717) is 10.9 Å². The van der Waals surface area contributed by atoms with Crippen LogP contribution in [0.3, 0.4) is 0 Å². The number of carbonyl (C=O) groups is 2. The smallest absolute Gasteiger partial charge is 0.250 e. The number of benzene rings is 2. The van der Waals surface area contributed by atoms with Crippen molar-refractivity contribution in [3.05, 3.63) is 70.5 Å². The minimum Gasteiger partial charge on any atom is -0.328 e. The van der Waals surface area contributed by atoms with Crippen molar-refractivity contribution < 1.29 is 14.0 Å². The minimum absolute atomic E-state index is 0.0437. The van der Waals surface area contributed by atoms with Gasteiger partial charge in [-0.05, 0) is 54.2 Å². The van der Waals surface area contributed by atoms with Gasteiger partial charge in [0.1, 0.15) is 18.4 Å². The van der Waals surface area contributed by atoms with E-state index in [1.165, 1.54) is 18.6 Å². The Morgan fingerprint density at radius 3 is 2.33 bits per heavy atom. The van der Waals surface area contributed by atoms with Gasteiger partial charge in [0.2, 0.25) is 5.91 Å². The molecule has 6 heteroatoms. The van der Waals surface area contributed by atoms with Gasteiger partial charge in [-0.2, -0.15) is 0 Å². The lowest BCUT2D eigenvalue weighted by Crippen LogP contribution is -2.59. The minimum atomic E-state index is -0.706. The number of hydrogen-bond acceptors (Lipinski definition) is 2. The predicted molar refractivity (Wildman–Crippen MR) is 114 cm³/mol. The van der Waals surface area contributed by atoms with E-state index in [0.717, 1.165) is 30.4 Å². The first kappa shape index (κ1) is 20.9. The highest BCUT2D eigenvalue weighted by atomic mass is 35.5. The summed E-state index contributed by atoms with van der Waals surface area (Å²) >= 11 is 6.05. The largest absolute Gasteiger partial charge is 0.328 e. The van der Waals surface area contributed by atoms with Gasteiger partial charge in [-0.3, -0.25) is 9.59 Å². The number of carbonyl (C=O) groups excluding carboxylic acids is 2. The van der Waals surface area contributed by atoms with E-state index in [-0.39, 0.29) is 36.8 Å². The molecule has 0 spiro atoms. The average Bonchev–Trinajstić information content (AvgIpc) is 2.74. The van der Waals surface area contributed by atoms with Crippen molar-refractivity contribution >= 4 is 23.4 Å². The predicted octanol–water partition coefficient (Wildman–Crippen LogP) is 4.97. The molecule has 2 aromatic rings. The van der Waals surface area contributed by atoms with E-state index in [2.05, 4.69) is 6.92 Å². The van der Waals surface area contributed by atoms with Crippen LogP contribution in [0.2, 0.25) is 5.02 Å². The highest BCUT2D eigenvalue weighted by Gasteiger charge is 2.44. The average molecular weight is 429 g/mol. The number of hydrogen-bond donors (Lipinski definition) is 0. The Hall–Kier alpha value is -2.40. The van der Waals surface area contributed by atoms with Crippen LogP contribution < -0.4 is 0 Å². The molecule has 2 aliphatic rings. The van der Waals surface area contributed by atoms with Gasteiger partial charge < -0.3 is 9.80 Å². The van der Waals surface area contributed by atoms with Gasteiger partial charge in [0, 0.05) is 17.6 Å². The Morgan fingerprint density at radius 1 is 1.00 bits per heavy atom. The topological polar surface area (TPSA) is 40.6 Å². The molecule has 2 fully saturated rings. The first-order valence-corrected chi connectivity index (χ1v) is 10.9. The van der Waals surface area contributed by atoms with Crippen molar-refractivity contribution in [2.75, 3.05) is 6.54 Å². The summed E-state index contributed by atoms with van der Waals surface area (Å²) in [5, 5.41) is 0.580. The number of piperazine rings is 1. The number of rotatable bonds is 4. The number of halogens is 2. The highest BCUT2D eigenvalue weighted by Crippen LogP contribution is 2.35. The van der Waals surface area contributed by atoms with Gasteiger partial charge in [0.05, 0.1) is 0 Å². The highest BCUT2D eigenvalue weighted by molar-refractivity contribution is 6.30. The zero-order chi connectivity index (χ0) is 21.3. The Bertz CT molecular complexity index is 916. The van der Waals surface area contributed by atoms with Crippen LogP contribution >= 0.6 is 11.6 Å². The van der Waals surface area contributed by atoms with Crippen molar-refractivity contribution in [2.24, 2.45) is 5.92 Å². The van der Waals surface area contributed by atoms with Crippen LogP contribution in [0.25, 0.3) is 0 Å². The number of nitrogens with zero attached hydrogens (tertiary/aromatic N) is 2. The van der Waals surface area contributed by atoms with Crippen LogP contribution in [0.1, 0.15) is 49.8 Å². The van der Waals surface area contributed by atoms with Crippen LogP contribution in [0.15, 0.2) is 48.5 Å². The third kappa shape index (κ3) is 4.22. The summed E-state index contributed by atoms with van der Waals surface area (Å²) < 4.78 is 13.3. The molecule has 0 unspecified atom stereocenters. The fourth-order valence-electron chi connectivity index (χ4n) is 4.72. The fraction of sp³-hybridized carbons (Fsp3) is 0.417. The van der Waals surface area contributed by atoms with Gasteiger partial charge >= 0.3 is 0 Å². The maximum Gasteiger partial charge on any atom is 0.250 e. The van der Waals surface area contributed by atoms with Crippen molar-refractivity contribution in [3.8, 4) is 0 Å². The Kier molecular flexibility index (Phi) is 6.09. The van der Waals surface area contributed by atoms with Crippen molar-refractivity contribution in [2.45, 2.75) is 51.2 Å². The quantitative estimate of drug-likeness (QED) is 0.689. The normalized spacial score (nSPS) is 25.0. The Balaban J connectivity index is 1.68. The van der Waals surface area contributed by atoms with Gasteiger partial charge in [-0.25, -0.2) is 4.39 Å². The van der Waals surface area contributed by atoms with E-state index >= 15 is 0 Å². The Labute approximate surface area is 181 Å². The van der Waals surface area contributed by atoms with Gasteiger partial charge in [-0.1, -0.05) is 55.6 Å². The van der Waals surface area contributed by atoms with Crippen LogP contribution in [-0.4, -0.2) is 34.2 Å². The second-order valence-electron chi connectivity index (χ2n) is 8.40. The van der Waals surface area contributed by atoms with Crippen LogP contribution in [0, 0.1) is 11.7 Å². The second kappa shape index (κ2) is 8.76. The molecular formula is C24H26ClFN2O2. The molecule has 1 aliphatic carbocycles. The lowest BCUT2D eigenvalue weighted by molar-refractivity contribution is -0.161. The van der Waals surface area contributed by atoms with Crippen molar-refractivity contribution in [1.82, 2.24) is 9.80 Å². The zero-order valence-corrected chi connectivity index (χ0v) is 17.8. The summed E-state index contributed by atoms with van der Waals surface area (Å²) in [4.78, 5) is 30.4. The summed E-state index contributed by atoms with van der Waals surface area (Å²) in [7, 11) is 0. The summed E-state index contributed by atoms with van der Waals surface area (Å²) in [6, 6.07) is 12.6. The molecule has 3 atom stereocenters. The molecule has 30 heavy (non-hydrogen) atoms. The van der Waals surface area contributed by atoms with E-state index in [9.17, 15) is 14.0 Å². The molecular weight excluding hydrogens is 403 g/mol. The molecule has 1 aliphatic heterocycles. The fourth-order valence-corrected chi connectivity index (χ4v) is 4.85. The van der Waals surface area contributed by atoms with Crippen molar-refractivity contribution in [1.29, 1.82) is 0 Å². The van der Waals surface area contributed by atoms with Gasteiger partial charge in [-0.15, -0.1) is 0 Å². The molecule has 0 bridgehead atoms. The standard InChI is InChI=1S/C24H26ClFN2O2/c1-16-4-2-3-5-21(16)27-15-22(29)28(14-17-6-12-20(26)13-7-17)23(24(27)30)18-8-10-19(25)11-9-18/h6-13,16,21,23H,2-5,14-15H2,1H3/t16-,21+,23+/m1/s1. The maximum atomic E-state index is 13.7. The van der Waals surface area contributed by atoms with Crippen LogP contribution in [-0.2, 0) is 16.1 Å². The monoisotopic (exact) mass is 428 g/mol. The first-order valence-electron chi connectivity index (χ1n) is 10.5. The lowest BCUT2D eigenvalue weighted by atomic mass is 9.83. The molecule has 0 radical (unpaired) electrons. The third-order valence-electron chi connectivity index (χ3n) is 6.37. The summed E-state index contributed by atoms with van der Waals surface area (Å²) in [6.45, 7) is 2.52. The molecule has 4 nitrogen and oxygen atoms in total. The number of amides is 2. The summed E-state index contributed by atoms with van der Waals surface area (Å²) in [5.41, 5.74) is 1.53. The zero-order valence-electron chi connectivity index (χ0n) is 17.1. The van der Waals surface area contributed by atoms with E-state index in [1.54, 1.807) is 34.1 Å². The van der Waals surface area contributed by atoms with E-state index in [4.69, 9.17) is 11.6 Å². The second-order valence-corrected chi connectivity index (χ2v) is 8.83. The molecule has 1 saturated carbocycles. The lowest BCUT2D eigenvalue weighted by Gasteiger charge is -2.46.